The number of carbonyl (C=O) groups excluding carboxylic acids is 1. The summed E-state index contributed by atoms with van der Waals surface area (Å²) in [5.41, 5.74) is 0.867. The van der Waals surface area contributed by atoms with Gasteiger partial charge in [0.15, 0.2) is 12.4 Å². The Bertz CT molecular complexity index is 914. The van der Waals surface area contributed by atoms with Gasteiger partial charge in [0.2, 0.25) is 0 Å². The van der Waals surface area contributed by atoms with Gasteiger partial charge in [0.25, 0.3) is 11.8 Å². The molecule has 1 saturated heterocycles. The molecule has 150 valence electrons. The average Bonchev–Trinajstić information content (AvgIpc) is 3.27. The molecule has 7 nitrogen and oxygen atoms in total. The molecule has 1 unspecified atom stereocenters. The molecule has 4 rings (SSSR count). The smallest absolute Gasteiger partial charge is 0.260 e. The second kappa shape index (κ2) is 9.32. The molecule has 0 aliphatic carbocycles. The van der Waals surface area contributed by atoms with Crippen molar-refractivity contribution in [2.45, 2.75) is 25.7 Å². The Morgan fingerprint density at radius 2 is 2.00 bits per heavy atom. The molecule has 1 aliphatic rings. The molecule has 1 atom stereocenters. The predicted molar refractivity (Wildman–Crippen MR) is 107 cm³/mol. The summed E-state index contributed by atoms with van der Waals surface area (Å²) in [4.78, 5) is 22.9. The van der Waals surface area contributed by atoms with Crippen molar-refractivity contribution in [3.63, 3.8) is 0 Å². The number of amides is 1. The van der Waals surface area contributed by atoms with Crippen molar-refractivity contribution < 1.29 is 14.1 Å². The maximum Gasteiger partial charge on any atom is 0.260 e. The van der Waals surface area contributed by atoms with Gasteiger partial charge in [0.1, 0.15) is 5.75 Å². The van der Waals surface area contributed by atoms with E-state index in [4.69, 9.17) is 9.26 Å². The van der Waals surface area contributed by atoms with Gasteiger partial charge in [-0.2, -0.15) is 4.98 Å². The minimum atomic E-state index is 0.0399. The van der Waals surface area contributed by atoms with Crippen LogP contribution in [0.4, 0.5) is 0 Å². The highest BCUT2D eigenvalue weighted by Crippen LogP contribution is 2.22. The Hall–Kier alpha value is -3.22. The standard InChI is InChI=1S/C22H24N4O3/c27-21(16-28-19-6-2-1-3-7-19)26-14-4-5-17(15-26)8-9-20-24-22(29-25-20)18-10-12-23-13-11-18/h1-3,6-7,10-13,17H,4-5,8-9,14-16H2. The number of piperidine rings is 1. The van der Waals surface area contributed by atoms with Crippen LogP contribution in [0.5, 0.6) is 5.75 Å². The van der Waals surface area contributed by atoms with E-state index in [1.165, 1.54) is 0 Å². The fourth-order valence-electron chi connectivity index (χ4n) is 3.58. The van der Waals surface area contributed by atoms with Gasteiger partial charge in [-0.1, -0.05) is 23.4 Å². The molecule has 1 fully saturated rings. The number of nitrogens with zero attached hydrogens (tertiary/aromatic N) is 4. The molecular weight excluding hydrogens is 368 g/mol. The van der Waals surface area contributed by atoms with Gasteiger partial charge in [-0.25, -0.2) is 0 Å². The summed E-state index contributed by atoms with van der Waals surface area (Å²) >= 11 is 0. The van der Waals surface area contributed by atoms with Crippen molar-refractivity contribution in [3.8, 4) is 17.2 Å². The molecule has 0 N–H and O–H groups in total. The molecule has 3 heterocycles. The van der Waals surface area contributed by atoms with Crippen LogP contribution < -0.4 is 4.74 Å². The quantitative estimate of drug-likeness (QED) is 0.613. The number of para-hydroxylation sites is 1. The average molecular weight is 392 g/mol. The topological polar surface area (TPSA) is 81.4 Å². The summed E-state index contributed by atoms with van der Waals surface area (Å²) < 4.78 is 11.0. The molecule has 1 aromatic carbocycles. The molecule has 0 saturated carbocycles. The summed E-state index contributed by atoms with van der Waals surface area (Å²) in [6, 6.07) is 13.1. The SMILES string of the molecule is O=C(COc1ccccc1)N1CCCC(CCc2noc(-c3ccncc3)n2)C1. The number of carbonyl (C=O) groups is 1. The maximum atomic E-state index is 12.5. The maximum absolute atomic E-state index is 12.5. The highest BCUT2D eigenvalue weighted by molar-refractivity contribution is 5.77. The summed E-state index contributed by atoms with van der Waals surface area (Å²) in [6.45, 7) is 1.63. The highest BCUT2D eigenvalue weighted by Gasteiger charge is 2.24. The van der Waals surface area contributed by atoms with E-state index in [0.717, 1.165) is 50.1 Å². The minimum absolute atomic E-state index is 0.0399. The van der Waals surface area contributed by atoms with Crippen LogP contribution in [0.2, 0.25) is 0 Å². The van der Waals surface area contributed by atoms with Crippen LogP contribution >= 0.6 is 0 Å². The number of hydrogen-bond acceptors (Lipinski definition) is 6. The molecule has 2 aromatic heterocycles. The second-order valence-corrected chi connectivity index (χ2v) is 7.24. The Morgan fingerprint density at radius 3 is 2.83 bits per heavy atom. The van der Waals surface area contributed by atoms with Gasteiger partial charge in [-0.15, -0.1) is 0 Å². The lowest BCUT2D eigenvalue weighted by Crippen LogP contribution is -2.42. The third kappa shape index (κ3) is 5.19. The Labute approximate surface area is 169 Å². The first-order valence-corrected chi connectivity index (χ1v) is 9.96. The number of hydrogen-bond donors (Lipinski definition) is 0. The first kappa shape index (κ1) is 19.1. The van der Waals surface area contributed by atoms with Crippen LogP contribution in [-0.4, -0.2) is 45.6 Å². The molecule has 7 heteroatoms. The van der Waals surface area contributed by atoms with Crippen LogP contribution in [0, 0.1) is 5.92 Å². The van der Waals surface area contributed by atoms with Crippen LogP contribution in [-0.2, 0) is 11.2 Å². The summed E-state index contributed by atoms with van der Waals surface area (Å²) in [7, 11) is 0. The zero-order valence-corrected chi connectivity index (χ0v) is 16.2. The van der Waals surface area contributed by atoms with E-state index in [1.54, 1.807) is 12.4 Å². The summed E-state index contributed by atoms with van der Waals surface area (Å²) in [5, 5.41) is 4.09. The van der Waals surface area contributed by atoms with Gasteiger partial charge in [0.05, 0.1) is 0 Å². The van der Waals surface area contributed by atoms with Crippen molar-refractivity contribution in [3.05, 3.63) is 60.7 Å². The van der Waals surface area contributed by atoms with Crippen molar-refractivity contribution in [1.82, 2.24) is 20.0 Å². The highest BCUT2D eigenvalue weighted by atomic mass is 16.5. The molecule has 3 aromatic rings. The molecule has 1 aliphatic heterocycles. The number of aryl methyl sites for hydroxylation is 1. The van der Waals surface area contributed by atoms with E-state index < -0.39 is 0 Å². The van der Waals surface area contributed by atoms with Gasteiger partial charge in [0, 0.05) is 37.5 Å². The first-order valence-electron chi connectivity index (χ1n) is 9.96. The summed E-state index contributed by atoms with van der Waals surface area (Å²) in [6.07, 6.45) is 7.19. The number of likely N-dealkylation sites (tertiary alicyclic amines) is 1. The van der Waals surface area contributed by atoms with Crippen molar-refractivity contribution >= 4 is 5.91 Å². The lowest BCUT2D eigenvalue weighted by Gasteiger charge is -2.32. The first-order chi connectivity index (χ1) is 14.3. The Balaban J connectivity index is 1.26. The van der Waals surface area contributed by atoms with Crippen molar-refractivity contribution in [1.29, 1.82) is 0 Å². The molecule has 29 heavy (non-hydrogen) atoms. The molecule has 0 bridgehead atoms. The molecular formula is C22H24N4O3. The number of ether oxygens (including phenoxy) is 1. The zero-order chi connectivity index (χ0) is 19.9. The number of rotatable bonds is 7. The van der Waals surface area contributed by atoms with E-state index in [1.807, 2.05) is 47.4 Å². The molecule has 0 spiro atoms. The van der Waals surface area contributed by atoms with E-state index in [2.05, 4.69) is 15.1 Å². The van der Waals surface area contributed by atoms with E-state index >= 15 is 0 Å². The van der Waals surface area contributed by atoms with Gasteiger partial charge >= 0.3 is 0 Å². The van der Waals surface area contributed by atoms with E-state index in [-0.39, 0.29) is 12.5 Å². The largest absolute Gasteiger partial charge is 0.484 e. The van der Waals surface area contributed by atoms with Crippen molar-refractivity contribution in [2.75, 3.05) is 19.7 Å². The third-order valence-electron chi connectivity index (χ3n) is 5.15. The number of aromatic nitrogens is 3. The Kier molecular flexibility index (Phi) is 6.14. The summed E-state index contributed by atoms with van der Waals surface area (Å²) in [5.74, 6) is 2.41. The van der Waals surface area contributed by atoms with Gasteiger partial charge in [-0.3, -0.25) is 9.78 Å². The number of benzene rings is 1. The van der Waals surface area contributed by atoms with Crippen molar-refractivity contribution in [2.24, 2.45) is 5.92 Å². The normalized spacial score (nSPS) is 16.6. The van der Waals surface area contributed by atoms with Gasteiger partial charge < -0.3 is 14.2 Å². The fraction of sp³-hybridized carbons (Fsp3) is 0.364. The number of pyridine rings is 1. The third-order valence-corrected chi connectivity index (χ3v) is 5.15. The van der Waals surface area contributed by atoms with E-state index in [0.29, 0.717) is 17.6 Å². The second-order valence-electron chi connectivity index (χ2n) is 7.24. The lowest BCUT2D eigenvalue weighted by atomic mass is 9.93. The Morgan fingerprint density at radius 1 is 1.17 bits per heavy atom. The van der Waals surface area contributed by atoms with Crippen LogP contribution in [0.1, 0.15) is 25.1 Å². The van der Waals surface area contributed by atoms with Crippen LogP contribution in [0.3, 0.4) is 0 Å². The van der Waals surface area contributed by atoms with Crippen LogP contribution in [0.15, 0.2) is 59.4 Å². The zero-order valence-electron chi connectivity index (χ0n) is 16.2. The predicted octanol–water partition coefficient (Wildman–Crippen LogP) is 3.38. The van der Waals surface area contributed by atoms with Gasteiger partial charge in [-0.05, 0) is 49.4 Å². The monoisotopic (exact) mass is 392 g/mol. The minimum Gasteiger partial charge on any atom is -0.484 e. The van der Waals surface area contributed by atoms with E-state index in [9.17, 15) is 4.79 Å². The molecule has 0 radical (unpaired) electrons. The fourth-order valence-corrected chi connectivity index (χ4v) is 3.58. The molecule has 1 amide bonds. The van der Waals surface area contributed by atoms with Crippen LogP contribution in [0.25, 0.3) is 11.5 Å². The lowest BCUT2D eigenvalue weighted by molar-refractivity contribution is -0.135.